The van der Waals surface area contributed by atoms with Gasteiger partial charge in [0.2, 0.25) is 5.91 Å². The SMILES string of the molecule is CC(C)NC(=O)CNC(=O)c1cncc(N)n1. The molecule has 0 unspecified atom stereocenters. The van der Waals surface area contributed by atoms with Crippen LogP contribution in [0.4, 0.5) is 5.82 Å². The summed E-state index contributed by atoms with van der Waals surface area (Å²) in [6.45, 7) is 3.57. The molecule has 7 nitrogen and oxygen atoms in total. The number of carbonyl (C=O) groups excluding carboxylic acids is 2. The summed E-state index contributed by atoms with van der Waals surface area (Å²) in [6, 6.07) is 0.0339. The summed E-state index contributed by atoms with van der Waals surface area (Å²) < 4.78 is 0. The molecule has 0 aliphatic rings. The van der Waals surface area contributed by atoms with Crippen molar-refractivity contribution in [3.05, 3.63) is 18.1 Å². The lowest BCUT2D eigenvalue weighted by Gasteiger charge is -2.08. The molecule has 0 bridgehead atoms. The highest BCUT2D eigenvalue weighted by molar-refractivity contribution is 5.94. The van der Waals surface area contributed by atoms with Crippen molar-refractivity contribution in [3.8, 4) is 0 Å². The number of aromatic nitrogens is 2. The van der Waals surface area contributed by atoms with Crippen molar-refractivity contribution in [3.63, 3.8) is 0 Å². The van der Waals surface area contributed by atoms with Crippen LogP contribution in [0.1, 0.15) is 24.3 Å². The maximum absolute atomic E-state index is 11.5. The lowest BCUT2D eigenvalue weighted by atomic mass is 10.3. The Balaban J connectivity index is 2.48. The zero-order chi connectivity index (χ0) is 12.8. The molecule has 0 fully saturated rings. The summed E-state index contributed by atoms with van der Waals surface area (Å²) in [5, 5.41) is 5.07. The molecule has 0 atom stereocenters. The predicted molar refractivity (Wildman–Crippen MR) is 62.1 cm³/mol. The first kappa shape index (κ1) is 12.9. The minimum absolute atomic E-state index is 0.0339. The molecule has 2 amide bonds. The van der Waals surface area contributed by atoms with Gasteiger partial charge in [-0.3, -0.25) is 14.6 Å². The molecule has 0 saturated heterocycles. The van der Waals surface area contributed by atoms with E-state index in [0.29, 0.717) is 0 Å². The van der Waals surface area contributed by atoms with Gasteiger partial charge in [-0.1, -0.05) is 0 Å². The van der Waals surface area contributed by atoms with Gasteiger partial charge >= 0.3 is 0 Å². The number of nitrogen functional groups attached to an aromatic ring is 1. The van der Waals surface area contributed by atoms with E-state index in [9.17, 15) is 9.59 Å². The number of hydrogen-bond acceptors (Lipinski definition) is 5. The maximum atomic E-state index is 11.5. The Morgan fingerprint density at radius 1 is 1.41 bits per heavy atom. The molecule has 1 aromatic heterocycles. The van der Waals surface area contributed by atoms with Gasteiger partial charge < -0.3 is 16.4 Å². The Labute approximate surface area is 98.8 Å². The van der Waals surface area contributed by atoms with Gasteiger partial charge in [-0.15, -0.1) is 0 Å². The minimum atomic E-state index is -0.483. The third-order valence-corrected chi connectivity index (χ3v) is 1.74. The van der Waals surface area contributed by atoms with Gasteiger partial charge in [-0.2, -0.15) is 0 Å². The Kier molecular flexibility index (Phi) is 4.38. The van der Waals surface area contributed by atoms with Crippen LogP contribution in [0.2, 0.25) is 0 Å². The molecule has 0 aliphatic carbocycles. The molecule has 1 heterocycles. The van der Waals surface area contributed by atoms with E-state index in [-0.39, 0.29) is 30.0 Å². The van der Waals surface area contributed by atoms with Crippen LogP contribution in [0.5, 0.6) is 0 Å². The smallest absolute Gasteiger partial charge is 0.272 e. The topological polar surface area (TPSA) is 110 Å². The quantitative estimate of drug-likeness (QED) is 0.642. The van der Waals surface area contributed by atoms with Crippen molar-refractivity contribution in [2.24, 2.45) is 0 Å². The highest BCUT2D eigenvalue weighted by atomic mass is 16.2. The van der Waals surface area contributed by atoms with E-state index in [0.717, 1.165) is 0 Å². The van der Waals surface area contributed by atoms with Crippen LogP contribution in [-0.2, 0) is 4.79 Å². The highest BCUT2D eigenvalue weighted by Gasteiger charge is 2.10. The van der Waals surface area contributed by atoms with E-state index in [1.54, 1.807) is 0 Å². The molecule has 4 N–H and O–H groups in total. The number of carbonyl (C=O) groups is 2. The van der Waals surface area contributed by atoms with Crippen LogP contribution in [0, 0.1) is 0 Å². The molecule has 0 aromatic carbocycles. The first-order chi connectivity index (χ1) is 7.99. The molecule has 0 spiro atoms. The monoisotopic (exact) mass is 237 g/mol. The molecule has 92 valence electrons. The second-order valence-electron chi connectivity index (χ2n) is 3.73. The second-order valence-corrected chi connectivity index (χ2v) is 3.73. The predicted octanol–water partition coefficient (Wildman–Crippen LogP) is -0.687. The van der Waals surface area contributed by atoms with Crippen LogP contribution in [0.25, 0.3) is 0 Å². The van der Waals surface area contributed by atoms with Crippen molar-refractivity contribution >= 4 is 17.6 Å². The van der Waals surface area contributed by atoms with E-state index in [4.69, 9.17) is 5.73 Å². The number of nitrogens with two attached hydrogens (primary N) is 1. The van der Waals surface area contributed by atoms with E-state index >= 15 is 0 Å². The second kappa shape index (κ2) is 5.78. The standard InChI is InChI=1S/C10H15N5O2/c1-6(2)14-9(16)5-13-10(17)7-3-12-4-8(11)15-7/h3-4,6H,5H2,1-2H3,(H2,11,15)(H,13,17)(H,14,16). The normalized spacial score (nSPS) is 10.1. The summed E-state index contributed by atoms with van der Waals surface area (Å²) in [5.41, 5.74) is 5.47. The van der Waals surface area contributed by atoms with Crippen molar-refractivity contribution in [2.75, 3.05) is 12.3 Å². The van der Waals surface area contributed by atoms with Gasteiger partial charge in [0.15, 0.2) is 0 Å². The van der Waals surface area contributed by atoms with Crippen molar-refractivity contribution in [1.82, 2.24) is 20.6 Å². The van der Waals surface area contributed by atoms with Gasteiger partial charge in [0.1, 0.15) is 11.5 Å². The minimum Gasteiger partial charge on any atom is -0.382 e. The van der Waals surface area contributed by atoms with Gasteiger partial charge in [0.25, 0.3) is 5.91 Å². The molecular weight excluding hydrogens is 222 g/mol. The lowest BCUT2D eigenvalue weighted by Crippen LogP contribution is -2.40. The zero-order valence-electron chi connectivity index (χ0n) is 9.73. The summed E-state index contributed by atoms with van der Waals surface area (Å²) >= 11 is 0. The lowest BCUT2D eigenvalue weighted by molar-refractivity contribution is -0.120. The molecule has 1 rings (SSSR count). The summed E-state index contributed by atoms with van der Waals surface area (Å²) in [5.74, 6) is -0.585. The summed E-state index contributed by atoms with van der Waals surface area (Å²) in [4.78, 5) is 30.3. The van der Waals surface area contributed by atoms with Gasteiger partial charge in [-0.25, -0.2) is 4.98 Å². The molecule has 0 radical (unpaired) electrons. The van der Waals surface area contributed by atoms with Crippen LogP contribution in [0.3, 0.4) is 0 Å². The Hall–Kier alpha value is -2.18. The first-order valence-corrected chi connectivity index (χ1v) is 5.14. The van der Waals surface area contributed by atoms with Gasteiger partial charge in [-0.05, 0) is 13.8 Å². The number of hydrogen-bond donors (Lipinski definition) is 3. The Morgan fingerprint density at radius 2 is 2.12 bits per heavy atom. The first-order valence-electron chi connectivity index (χ1n) is 5.14. The van der Waals surface area contributed by atoms with Crippen molar-refractivity contribution < 1.29 is 9.59 Å². The molecule has 7 heteroatoms. The number of amides is 2. The fourth-order valence-corrected chi connectivity index (χ4v) is 1.11. The van der Waals surface area contributed by atoms with Crippen molar-refractivity contribution in [2.45, 2.75) is 19.9 Å². The number of rotatable bonds is 4. The molecule has 0 saturated carbocycles. The fraction of sp³-hybridized carbons (Fsp3) is 0.400. The average molecular weight is 237 g/mol. The largest absolute Gasteiger partial charge is 0.382 e. The molecule has 17 heavy (non-hydrogen) atoms. The van der Waals surface area contributed by atoms with Crippen LogP contribution < -0.4 is 16.4 Å². The van der Waals surface area contributed by atoms with E-state index in [2.05, 4.69) is 20.6 Å². The Morgan fingerprint density at radius 3 is 2.71 bits per heavy atom. The van der Waals surface area contributed by atoms with Gasteiger partial charge in [0, 0.05) is 6.04 Å². The molecule has 1 aromatic rings. The number of nitrogens with one attached hydrogen (secondary N) is 2. The number of anilines is 1. The van der Waals surface area contributed by atoms with E-state index < -0.39 is 5.91 Å². The van der Waals surface area contributed by atoms with E-state index in [1.165, 1.54) is 12.4 Å². The summed E-state index contributed by atoms with van der Waals surface area (Å²) in [6.07, 6.45) is 2.62. The van der Waals surface area contributed by atoms with Crippen LogP contribution >= 0.6 is 0 Å². The Bertz CT molecular complexity index is 419. The summed E-state index contributed by atoms with van der Waals surface area (Å²) in [7, 11) is 0. The van der Waals surface area contributed by atoms with Crippen LogP contribution in [0.15, 0.2) is 12.4 Å². The highest BCUT2D eigenvalue weighted by Crippen LogP contribution is 1.96. The zero-order valence-corrected chi connectivity index (χ0v) is 9.73. The van der Waals surface area contributed by atoms with Gasteiger partial charge in [0.05, 0.1) is 18.9 Å². The third-order valence-electron chi connectivity index (χ3n) is 1.74. The molecule has 0 aliphatic heterocycles. The van der Waals surface area contributed by atoms with Crippen LogP contribution in [-0.4, -0.2) is 34.4 Å². The number of nitrogens with zero attached hydrogens (tertiary/aromatic N) is 2. The van der Waals surface area contributed by atoms with Crippen molar-refractivity contribution in [1.29, 1.82) is 0 Å². The third kappa shape index (κ3) is 4.45. The van der Waals surface area contributed by atoms with E-state index in [1.807, 2.05) is 13.8 Å². The molecular formula is C10H15N5O2. The average Bonchev–Trinajstić information content (AvgIpc) is 2.25. The fourth-order valence-electron chi connectivity index (χ4n) is 1.11. The maximum Gasteiger partial charge on any atom is 0.272 e.